The van der Waals surface area contributed by atoms with E-state index in [0.29, 0.717) is 0 Å². The number of rotatable bonds is 3. The van der Waals surface area contributed by atoms with Crippen LogP contribution in [0.25, 0.3) is 55.7 Å². The first-order chi connectivity index (χ1) is 22.3. The van der Waals surface area contributed by atoms with Crippen LogP contribution in [0.1, 0.15) is 33.4 Å². The van der Waals surface area contributed by atoms with Crippen LogP contribution in [0.4, 0.5) is 0 Å². The standard InChI is InChI=1S/C24H19N2.C18H17N2.Ir/c1-15-12-17(3)23-21(13-15)19-10-6-7-11-20(19)24-25-22(14-26(23)24)18-9-5-4-8-16(18)2;1-13-11-14(2)17(15(3)12-13)20-10-9-19-18(20)16-7-5-4-6-8-16;/h4-10,12-14H,1-3H3;4-7,9-12H,1-3H3;/q2*-1;. The Balaban J connectivity index is 0.000000167. The van der Waals surface area contributed by atoms with Crippen molar-refractivity contribution in [2.45, 2.75) is 41.5 Å². The zero-order valence-electron chi connectivity index (χ0n) is 27.5. The summed E-state index contributed by atoms with van der Waals surface area (Å²) in [5.41, 5.74) is 14.2. The van der Waals surface area contributed by atoms with Gasteiger partial charge in [-0.3, -0.25) is 9.97 Å². The van der Waals surface area contributed by atoms with Gasteiger partial charge >= 0.3 is 0 Å². The molecule has 0 aliphatic heterocycles. The second-order valence-corrected chi connectivity index (χ2v) is 12.2. The minimum Gasteiger partial charge on any atom is -0.340 e. The summed E-state index contributed by atoms with van der Waals surface area (Å²) >= 11 is 0. The van der Waals surface area contributed by atoms with Gasteiger partial charge in [-0.2, -0.15) is 0 Å². The molecule has 0 saturated heterocycles. The molecule has 0 aliphatic carbocycles. The first-order valence-corrected chi connectivity index (χ1v) is 15.7. The summed E-state index contributed by atoms with van der Waals surface area (Å²) in [6, 6.07) is 38.2. The summed E-state index contributed by atoms with van der Waals surface area (Å²) in [7, 11) is 0. The fourth-order valence-electron chi connectivity index (χ4n) is 6.82. The molecule has 0 unspecified atom stereocenters. The molecule has 3 aromatic heterocycles. The van der Waals surface area contributed by atoms with Crippen LogP contribution in [-0.2, 0) is 20.1 Å². The molecule has 0 amide bonds. The number of hydrogen-bond acceptors (Lipinski definition) is 2. The molecule has 8 rings (SSSR count). The summed E-state index contributed by atoms with van der Waals surface area (Å²) in [5.74, 6) is 0.931. The maximum Gasteiger partial charge on any atom is 0.0774 e. The monoisotopic (exact) mass is 789 g/mol. The SMILES string of the molecule is Cc1cc(C)c(-n2ccnc2-c2[c-]cccc2)c(C)c1.Cc1cc(C)c2c(c1)c1ccc[c-]c1c1nc(-c3ccccc3C)cn12.[Ir]. The topological polar surface area (TPSA) is 35.1 Å². The molecule has 3 heterocycles. The summed E-state index contributed by atoms with van der Waals surface area (Å²) in [6.45, 7) is 12.9. The van der Waals surface area contributed by atoms with Gasteiger partial charge < -0.3 is 8.97 Å². The molecule has 5 aromatic carbocycles. The fraction of sp³-hybridized carbons (Fsp3) is 0.143. The Morgan fingerprint density at radius 3 is 2.11 bits per heavy atom. The third-order valence-corrected chi connectivity index (χ3v) is 8.65. The Bertz CT molecular complexity index is 2360. The van der Waals surface area contributed by atoms with Crippen molar-refractivity contribution in [2.75, 3.05) is 0 Å². The first kappa shape index (κ1) is 32.1. The Morgan fingerprint density at radius 1 is 0.660 bits per heavy atom. The number of hydrogen-bond donors (Lipinski definition) is 0. The number of aromatic nitrogens is 4. The van der Waals surface area contributed by atoms with E-state index in [0.717, 1.165) is 28.1 Å². The Kier molecular flexibility index (Phi) is 8.96. The van der Waals surface area contributed by atoms with Gasteiger partial charge in [-0.15, -0.1) is 65.5 Å². The second kappa shape index (κ2) is 13.1. The van der Waals surface area contributed by atoms with E-state index in [1.165, 1.54) is 60.9 Å². The van der Waals surface area contributed by atoms with E-state index in [-0.39, 0.29) is 20.1 Å². The molecule has 8 aromatic rings. The molecule has 0 saturated carbocycles. The van der Waals surface area contributed by atoms with Crippen molar-refractivity contribution in [3.63, 3.8) is 0 Å². The molecule has 5 heteroatoms. The molecule has 0 aliphatic rings. The zero-order valence-corrected chi connectivity index (χ0v) is 29.9. The van der Waals surface area contributed by atoms with Crippen LogP contribution in [0.3, 0.4) is 0 Å². The van der Waals surface area contributed by atoms with Gasteiger partial charge in [0.05, 0.1) is 17.2 Å². The Morgan fingerprint density at radius 2 is 1.36 bits per heavy atom. The zero-order chi connectivity index (χ0) is 31.9. The van der Waals surface area contributed by atoms with Crippen molar-refractivity contribution >= 4 is 27.3 Å². The average Bonchev–Trinajstić information content (AvgIpc) is 3.70. The van der Waals surface area contributed by atoms with Gasteiger partial charge in [0.15, 0.2) is 0 Å². The van der Waals surface area contributed by atoms with Crippen molar-refractivity contribution < 1.29 is 20.1 Å². The summed E-state index contributed by atoms with van der Waals surface area (Å²) in [5, 5.41) is 3.55. The number of pyridine rings is 1. The first-order valence-electron chi connectivity index (χ1n) is 15.7. The van der Waals surface area contributed by atoms with E-state index < -0.39 is 0 Å². The van der Waals surface area contributed by atoms with Crippen LogP contribution < -0.4 is 0 Å². The Hall–Kier alpha value is -4.83. The number of nitrogens with zero attached hydrogens (tertiary/aromatic N) is 4. The van der Waals surface area contributed by atoms with E-state index in [9.17, 15) is 0 Å². The van der Waals surface area contributed by atoms with E-state index in [4.69, 9.17) is 4.98 Å². The smallest absolute Gasteiger partial charge is 0.0774 e. The van der Waals surface area contributed by atoms with Gasteiger partial charge in [0.25, 0.3) is 0 Å². The molecule has 0 bridgehead atoms. The molecule has 4 nitrogen and oxygen atoms in total. The molecular formula is C42H36IrN4-2. The van der Waals surface area contributed by atoms with Crippen LogP contribution in [0.5, 0.6) is 0 Å². The minimum absolute atomic E-state index is 0. The fourth-order valence-corrected chi connectivity index (χ4v) is 6.82. The molecule has 0 atom stereocenters. The maximum atomic E-state index is 5.02. The van der Waals surface area contributed by atoms with Gasteiger partial charge in [-0.25, -0.2) is 0 Å². The van der Waals surface area contributed by atoms with E-state index >= 15 is 0 Å². The Labute approximate surface area is 290 Å². The van der Waals surface area contributed by atoms with Crippen molar-refractivity contribution in [3.05, 3.63) is 155 Å². The molecule has 1 radical (unpaired) electrons. The summed E-state index contributed by atoms with van der Waals surface area (Å²) in [6.07, 6.45) is 6.03. The van der Waals surface area contributed by atoms with Crippen LogP contribution in [-0.4, -0.2) is 18.9 Å². The van der Waals surface area contributed by atoms with Gasteiger partial charge in [0.1, 0.15) is 0 Å². The third kappa shape index (κ3) is 5.93. The van der Waals surface area contributed by atoms with Crippen LogP contribution in [0.2, 0.25) is 0 Å². The van der Waals surface area contributed by atoms with Gasteiger partial charge in [0.2, 0.25) is 0 Å². The van der Waals surface area contributed by atoms with Crippen molar-refractivity contribution in [3.8, 4) is 28.3 Å². The van der Waals surface area contributed by atoms with Crippen molar-refractivity contribution in [2.24, 2.45) is 0 Å². The maximum absolute atomic E-state index is 5.02. The average molecular weight is 789 g/mol. The largest absolute Gasteiger partial charge is 0.340 e. The quantitative estimate of drug-likeness (QED) is 0.132. The number of fused-ring (bicyclic) bond motifs is 6. The second-order valence-electron chi connectivity index (χ2n) is 12.2. The van der Waals surface area contributed by atoms with Crippen LogP contribution in [0.15, 0.2) is 110 Å². The summed E-state index contributed by atoms with van der Waals surface area (Å²) in [4.78, 5) is 9.52. The molecule has 0 N–H and O–H groups in total. The van der Waals surface area contributed by atoms with Gasteiger partial charge in [-0.05, 0) is 69.2 Å². The normalized spacial score (nSPS) is 11.0. The molecule has 47 heavy (non-hydrogen) atoms. The van der Waals surface area contributed by atoms with Crippen molar-refractivity contribution in [1.29, 1.82) is 0 Å². The summed E-state index contributed by atoms with van der Waals surface area (Å²) < 4.78 is 4.39. The number of aryl methyl sites for hydroxylation is 6. The van der Waals surface area contributed by atoms with Crippen LogP contribution in [0, 0.1) is 53.7 Å². The van der Waals surface area contributed by atoms with Crippen LogP contribution >= 0.6 is 0 Å². The number of benzene rings is 5. The van der Waals surface area contributed by atoms with E-state index in [1.54, 1.807) is 0 Å². The molecular weight excluding hydrogens is 753 g/mol. The molecule has 235 valence electrons. The predicted molar refractivity (Wildman–Crippen MR) is 191 cm³/mol. The van der Waals surface area contributed by atoms with Crippen molar-refractivity contribution in [1.82, 2.24) is 18.9 Å². The minimum atomic E-state index is 0. The predicted octanol–water partition coefficient (Wildman–Crippen LogP) is 10.3. The van der Waals surface area contributed by atoms with Gasteiger partial charge in [-0.1, -0.05) is 65.0 Å². The molecule has 0 spiro atoms. The van der Waals surface area contributed by atoms with E-state index in [1.807, 2.05) is 42.7 Å². The van der Waals surface area contributed by atoms with Gasteiger partial charge in [0, 0.05) is 55.5 Å². The third-order valence-electron chi connectivity index (χ3n) is 8.65. The van der Waals surface area contributed by atoms with E-state index in [2.05, 4.69) is 134 Å². The molecule has 0 fully saturated rings. The number of imidazole rings is 2.